The van der Waals surface area contributed by atoms with Crippen LogP contribution in [0.15, 0.2) is 6.07 Å². The first-order chi connectivity index (χ1) is 10.3. The summed E-state index contributed by atoms with van der Waals surface area (Å²) < 4.78 is 0. The van der Waals surface area contributed by atoms with E-state index in [0.29, 0.717) is 12.0 Å². The molecule has 2 aliphatic rings. The van der Waals surface area contributed by atoms with Crippen LogP contribution in [-0.2, 0) is 0 Å². The van der Waals surface area contributed by atoms with Crippen LogP contribution >= 0.6 is 11.8 Å². The summed E-state index contributed by atoms with van der Waals surface area (Å²) in [5.74, 6) is 5.00. The maximum absolute atomic E-state index is 4.97. The number of aromatic nitrogens is 2. The van der Waals surface area contributed by atoms with Crippen LogP contribution in [-0.4, -0.2) is 46.5 Å². The molecule has 0 amide bonds. The third-order valence-electron chi connectivity index (χ3n) is 4.59. The number of anilines is 1. The van der Waals surface area contributed by atoms with Gasteiger partial charge in [-0.15, -0.1) is 0 Å². The highest BCUT2D eigenvalue weighted by Crippen LogP contribution is 2.35. The predicted octanol–water partition coefficient (Wildman–Crippen LogP) is 3.29. The normalized spacial score (nSPS) is 24.4. The maximum atomic E-state index is 4.97. The Kier molecular flexibility index (Phi) is 5.01. The Labute approximate surface area is 132 Å². The first-order valence-corrected chi connectivity index (χ1v) is 9.34. The molecular weight excluding hydrogens is 280 g/mol. The van der Waals surface area contributed by atoms with E-state index in [4.69, 9.17) is 9.97 Å². The van der Waals surface area contributed by atoms with E-state index in [1.807, 2.05) is 11.8 Å². The Balaban J connectivity index is 1.90. The van der Waals surface area contributed by atoms with Crippen LogP contribution in [0.2, 0.25) is 0 Å². The molecule has 0 radical (unpaired) electrons. The minimum atomic E-state index is 0.363. The number of nitrogens with zero attached hydrogens (tertiary/aromatic N) is 3. The lowest BCUT2D eigenvalue weighted by molar-refractivity contribution is 0.264. The van der Waals surface area contributed by atoms with Gasteiger partial charge in [0.1, 0.15) is 11.6 Å². The molecule has 0 bridgehead atoms. The monoisotopic (exact) mass is 306 g/mol. The van der Waals surface area contributed by atoms with Gasteiger partial charge in [-0.25, -0.2) is 9.97 Å². The molecule has 1 atom stereocenters. The molecule has 1 unspecified atom stereocenters. The molecule has 1 aliphatic carbocycles. The Morgan fingerprint density at radius 1 is 1.33 bits per heavy atom. The van der Waals surface area contributed by atoms with E-state index < -0.39 is 0 Å². The number of hydrogen-bond donors (Lipinski definition) is 1. The van der Waals surface area contributed by atoms with Crippen molar-refractivity contribution in [2.75, 3.05) is 37.0 Å². The molecule has 5 heteroatoms. The van der Waals surface area contributed by atoms with E-state index >= 15 is 0 Å². The molecule has 1 aromatic rings. The van der Waals surface area contributed by atoms with E-state index in [1.165, 1.54) is 37.1 Å². The van der Waals surface area contributed by atoms with Crippen molar-refractivity contribution in [1.82, 2.24) is 14.9 Å². The average Bonchev–Trinajstić information content (AvgIpc) is 3.02. The lowest BCUT2D eigenvalue weighted by Gasteiger charge is -2.31. The summed E-state index contributed by atoms with van der Waals surface area (Å²) in [5, 5.41) is 3.39. The van der Waals surface area contributed by atoms with Crippen molar-refractivity contribution in [2.45, 2.75) is 44.6 Å². The summed E-state index contributed by atoms with van der Waals surface area (Å²) >= 11 is 2.02. The molecule has 2 fully saturated rings. The quantitative estimate of drug-likeness (QED) is 0.924. The summed E-state index contributed by atoms with van der Waals surface area (Å²) in [6.07, 6.45) is 5.27. The van der Waals surface area contributed by atoms with Crippen LogP contribution in [0.3, 0.4) is 0 Å². The van der Waals surface area contributed by atoms with Crippen molar-refractivity contribution in [2.24, 2.45) is 0 Å². The van der Waals surface area contributed by atoms with Crippen LogP contribution in [0.5, 0.6) is 0 Å². The third kappa shape index (κ3) is 3.51. The van der Waals surface area contributed by atoms with Crippen molar-refractivity contribution in [3.05, 3.63) is 17.6 Å². The van der Waals surface area contributed by atoms with Gasteiger partial charge in [-0.2, -0.15) is 11.8 Å². The minimum absolute atomic E-state index is 0.363. The van der Waals surface area contributed by atoms with Gasteiger partial charge < -0.3 is 5.32 Å². The zero-order chi connectivity index (χ0) is 14.7. The standard InChI is InChI=1S/C16H26N4S/c1-3-17-15-10-13(12-6-4-5-7-12)18-16(19-15)14-11-21-9-8-20(14)2/h10,12,14H,3-9,11H2,1-2H3,(H,17,18,19). The molecule has 0 spiro atoms. The first kappa shape index (κ1) is 15.1. The topological polar surface area (TPSA) is 41.1 Å². The molecule has 1 aliphatic heterocycles. The molecule has 2 heterocycles. The zero-order valence-corrected chi connectivity index (χ0v) is 14.0. The molecule has 1 N–H and O–H groups in total. The Bertz CT molecular complexity index is 473. The highest BCUT2D eigenvalue weighted by atomic mass is 32.2. The van der Waals surface area contributed by atoms with Gasteiger partial charge in [-0.3, -0.25) is 4.90 Å². The number of thioether (sulfide) groups is 1. The van der Waals surface area contributed by atoms with Gasteiger partial charge in [0.15, 0.2) is 0 Å². The van der Waals surface area contributed by atoms with Crippen molar-refractivity contribution in [1.29, 1.82) is 0 Å². The lowest BCUT2D eigenvalue weighted by atomic mass is 10.0. The maximum Gasteiger partial charge on any atom is 0.148 e. The SMILES string of the molecule is CCNc1cc(C2CCCC2)nc(C2CSCCN2C)n1. The summed E-state index contributed by atoms with van der Waals surface area (Å²) in [7, 11) is 2.20. The first-order valence-electron chi connectivity index (χ1n) is 8.18. The van der Waals surface area contributed by atoms with E-state index in [0.717, 1.165) is 30.5 Å². The van der Waals surface area contributed by atoms with Crippen LogP contribution < -0.4 is 5.32 Å². The van der Waals surface area contributed by atoms with E-state index in [1.54, 1.807) is 0 Å². The Hall–Kier alpha value is -0.810. The molecule has 1 saturated carbocycles. The predicted molar refractivity (Wildman–Crippen MR) is 90.1 cm³/mol. The van der Waals surface area contributed by atoms with Gasteiger partial charge in [-0.1, -0.05) is 12.8 Å². The van der Waals surface area contributed by atoms with Crippen LogP contribution in [0, 0.1) is 0 Å². The van der Waals surface area contributed by atoms with Gasteiger partial charge in [0.05, 0.1) is 6.04 Å². The van der Waals surface area contributed by atoms with Crippen LogP contribution in [0.25, 0.3) is 0 Å². The number of nitrogens with one attached hydrogen (secondary N) is 1. The highest BCUT2D eigenvalue weighted by Gasteiger charge is 2.26. The molecule has 3 rings (SSSR count). The van der Waals surface area contributed by atoms with Gasteiger partial charge in [-0.05, 0) is 26.8 Å². The van der Waals surface area contributed by atoms with E-state index in [-0.39, 0.29) is 0 Å². The fraction of sp³-hybridized carbons (Fsp3) is 0.750. The van der Waals surface area contributed by atoms with E-state index in [9.17, 15) is 0 Å². The average molecular weight is 306 g/mol. The summed E-state index contributed by atoms with van der Waals surface area (Å²) in [5.41, 5.74) is 1.26. The molecule has 1 saturated heterocycles. The van der Waals surface area contributed by atoms with Gasteiger partial charge >= 0.3 is 0 Å². The van der Waals surface area contributed by atoms with Crippen LogP contribution in [0.4, 0.5) is 5.82 Å². The van der Waals surface area contributed by atoms with Gasteiger partial charge in [0.2, 0.25) is 0 Å². The third-order valence-corrected chi connectivity index (χ3v) is 5.61. The number of rotatable bonds is 4. The van der Waals surface area contributed by atoms with Crippen molar-refractivity contribution < 1.29 is 0 Å². The molecule has 1 aromatic heterocycles. The van der Waals surface area contributed by atoms with E-state index in [2.05, 4.69) is 30.3 Å². The number of hydrogen-bond acceptors (Lipinski definition) is 5. The fourth-order valence-electron chi connectivity index (χ4n) is 3.29. The lowest BCUT2D eigenvalue weighted by Crippen LogP contribution is -2.34. The second kappa shape index (κ2) is 6.97. The molecule has 0 aromatic carbocycles. The van der Waals surface area contributed by atoms with Crippen molar-refractivity contribution >= 4 is 17.6 Å². The summed E-state index contributed by atoms with van der Waals surface area (Å²) in [6, 6.07) is 2.54. The Morgan fingerprint density at radius 3 is 2.86 bits per heavy atom. The molecule has 21 heavy (non-hydrogen) atoms. The zero-order valence-electron chi connectivity index (χ0n) is 13.1. The molecule has 4 nitrogen and oxygen atoms in total. The Morgan fingerprint density at radius 2 is 2.14 bits per heavy atom. The van der Waals surface area contributed by atoms with Crippen molar-refractivity contribution in [3.63, 3.8) is 0 Å². The van der Waals surface area contributed by atoms with Gasteiger partial charge in [0.25, 0.3) is 0 Å². The molecule has 116 valence electrons. The second-order valence-electron chi connectivity index (χ2n) is 6.12. The van der Waals surface area contributed by atoms with Crippen molar-refractivity contribution in [3.8, 4) is 0 Å². The second-order valence-corrected chi connectivity index (χ2v) is 7.27. The smallest absolute Gasteiger partial charge is 0.148 e. The fourth-order valence-corrected chi connectivity index (χ4v) is 4.51. The largest absolute Gasteiger partial charge is 0.370 e. The van der Waals surface area contributed by atoms with Crippen LogP contribution in [0.1, 0.15) is 56.1 Å². The highest BCUT2D eigenvalue weighted by molar-refractivity contribution is 7.99. The summed E-state index contributed by atoms with van der Waals surface area (Å²) in [4.78, 5) is 12.2. The molecular formula is C16H26N4S. The minimum Gasteiger partial charge on any atom is -0.370 e. The van der Waals surface area contributed by atoms with Gasteiger partial charge in [0, 0.05) is 42.3 Å². The summed E-state index contributed by atoms with van der Waals surface area (Å²) in [6.45, 7) is 4.16.